The molecule has 2 rings (SSSR count). The molecule has 0 unspecified atom stereocenters. The van der Waals surface area contributed by atoms with Gasteiger partial charge in [-0.25, -0.2) is 13.6 Å². The van der Waals surface area contributed by atoms with Crippen LogP contribution in [-0.2, 0) is 18.0 Å². The van der Waals surface area contributed by atoms with Crippen LogP contribution in [0.4, 0.5) is 8.78 Å². The first-order valence-corrected chi connectivity index (χ1v) is 5.91. The van der Waals surface area contributed by atoms with Gasteiger partial charge < -0.3 is 9.84 Å². The highest BCUT2D eigenvalue weighted by Gasteiger charge is 2.11. The topological polar surface area (TPSA) is 46.5 Å². The number of carbonyl (C=O) groups is 1. The third-order valence-corrected chi connectivity index (χ3v) is 2.77. The van der Waals surface area contributed by atoms with E-state index in [1.165, 1.54) is 12.1 Å². The maximum Gasteiger partial charge on any atom is 0.336 e. The van der Waals surface area contributed by atoms with Crippen LogP contribution in [0.1, 0.15) is 21.5 Å². The quantitative estimate of drug-likeness (QED) is 0.912. The molecule has 0 spiro atoms. The number of rotatable bonds is 5. The second-order valence-electron chi connectivity index (χ2n) is 4.19. The number of hydrogen-bond acceptors (Lipinski definition) is 2. The van der Waals surface area contributed by atoms with E-state index in [1.54, 1.807) is 18.2 Å². The molecular weight excluding hydrogens is 266 g/mol. The van der Waals surface area contributed by atoms with Crippen LogP contribution < -0.4 is 0 Å². The summed E-state index contributed by atoms with van der Waals surface area (Å²) in [7, 11) is 0. The summed E-state index contributed by atoms with van der Waals surface area (Å²) >= 11 is 0. The van der Waals surface area contributed by atoms with Gasteiger partial charge in [0, 0.05) is 5.56 Å². The lowest BCUT2D eigenvalue weighted by atomic mass is 10.1. The van der Waals surface area contributed by atoms with E-state index in [-0.39, 0.29) is 24.3 Å². The highest BCUT2D eigenvalue weighted by molar-refractivity contribution is 5.89. The molecule has 0 atom stereocenters. The zero-order valence-electron chi connectivity index (χ0n) is 10.5. The molecule has 2 aromatic rings. The van der Waals surface area contributed by atoms with E-state index in [1.807, 2.05) is 0 Å². The van der Waals surface area contributed by atoms with Gasteiger partial charge in [0.25, 0.3) is 0 Å². The molecule has 2 aromatic carbocycles. The summed E-state index contributed by atoms with van der Waals surface area (Å²) in [4.78, 5) is 11.0. The van der Waals surface area contributed by atoms with E-state index < -0.39 is 17.6 Å². The molecular formula is C15H12F2O3. The molecule has 0 aliphatic carbocycles. The van der Waals surface area contributed by atoms with Crippen LogP contribution in [0.2, 0.25) is 0 Å². The Morgan fingerprint density at radius 2 is 1.75 bits per heavy atom. The van der Waals surface area contributed by atoms with E-state index in [0.29, 0.717) is 5.56 Å². The minimum Gasteiger partial charge on any atom is -0.478 e. The summed E-state index contributed by atoms with van der Waals surface area (Å²) in [5.74, 6) is -2.10. The first-order valence-electron chi connectivity index (χ1n) is 5.91. The van der Waals surface area contributed by atoms with E-state index in [2.05, 4.69) is 0 Å². The maximum absolute atomic E-state index is 13.4. The second-order valence-corrected chi connectivity index (χ2v) is 4.19. The Morgan fingerprint density at radius 1 is 1.05 bits per heavy atom. The molecule has 0 aromatic heterocycles. The molecule has 0 saturated carbocycles. The fraction of sp³-hybridized carbons (Fsp3) is 0.133. The van der Waals surface area contributed by atoms with Crippen LogP contribution in [0, 0.1) is 11.6 Å². The van der Waals surface area contributed by atoms with Crippen molar-refractivity contribution in [3.05, 3.63) is 70.8 Å². The smallest absolute Gasteiger partial charge is 0.336 e. The Balaban J connectivity index is 2.06. The average molecular weight is 278 g/mol. The number of halogens is 2. The Labute approximate surface area is 114 Å². The molecule has 104 valence electrons. The lowest BCUT2D eigenvalue weighted by Gasteiger charge is -2.08. The predicted octanol–water partition coefficient (Wildman–Crippen LogP) is 3.38. The van der Waals surface area contributed by atoms with Gasteiger partial charge in [0.2, 0.25) is 0 Å². The molecule has 20 heavy (non-hydrogen) atoms. The fourth-order valence-electron chi connectivity index (χ4n) is 1.78. The van der Waals surface area contributed by atoms with Gasteiger partial charge in [0.1, 0.15) is 11.6 Å². The molecule has 0 saturated heterocycles. The van der Waals surface area contributed by atoms with Crippen molar-refractivity contribution in [1.29, 1.82) is 0 Å². The predicted molar refractivity (Wildman–Crippen MR) is 68.3 cm³/mol. The maximum atomic E-state index is 13.4. The molecule has 0 heterocycles. The van der Waals surface area contributed by atoms with Crippen LogP contribution in [0.15, 0.2) is 42.5 Å². The summed E-state index contributed by atoms with van der Waals surface area (Å²) in [5, 5.41) is 8.98. The molecule has 3 nitrogen and oxygen atoms in total. The van der Waals surface area contributed by atoms with Gasteiger partial charge >= 0.3 is 5.97 Å². The Kier molecular flexibility index (Phi) is 4.42. The number of carboxylic acid groups (broad SMARTS) is 1. The molecule has 0 amide bonds. The highest BCUT2D eigenvalue weighted by atomic mass is 19.1. The van der Waals surface area contributed by atoms with Crippen molar-refractivity contribution in [1.82, 2.24) is 0 Å². The highest BCUT2D eigenvalue weighted by Crippen LogP contribution is 2.15. The van der Waals surface area contributed by atoms with Gasteiger partial charge in [0.05, 0.1) is 18.8 Å². The second kappa shape index (κ2) is 6.25. The zero-order valence-corrected chi connectivity index (χ0v) is 10.5. The summed E-state index contributed by atoms with van der Waals surface area (Å²) in [6, 6.07) is 9.47. The van der Waals surface area contributed by atoms with Crippen molar-refractivity contribution in [3.63, 3.8) is 0 Å². The average Bonchev–Trinajstić information content (AvgIpc) is 2.41. The molecule has 0 aliphatic heterocycles. The molecule has 0 bridgehead atoms. The number of carboxylic acids is 1. The molecule has 0 radical (unpaired) electrons. The van der Waals surface area contributed by atoms with Crippen molar-refractivity contribution in [2.24, 2.45) is 0 Å². The fourth-order valence-corrected chi connectivity index (χ4v) is 1.78. The number of aromatic carboxylic acids is 1. The molecule has 5 heteroatoms. The van der Waals surface area contributed by atoms with Gasteiger partial charge in [-0.15, -0.1) is 0 Å². The van der Waals surface area contributed by atoms with Crippen molar-refractivity contribution in [2.75, 3.05) is 0 Å². The Bertz CT molecular complexity index is 626. The lowest BCUT2D eigenvalue weighted by molar-refractivity contribution is 0.0683. The van der Waals surface area contributed by atoms with Crippen molar-refractivity contribution >= 4 is 5.97 Å². The Hall–Kier alpha value is -2.27. The van der Waals surface area contributed by atoms with E-state index in [9.17, 15) is 13.6 Å². The van der Waals surface area contributed by atoms with Crippen molar-refractivity contribution < 1.29 is 23.4 Å². The van der Waals surface area contributed by atoms with Crippen LogP contribution in [0.3, 0.4) is 0 Å². The SMILES string of the molecule is O=C(O)c1ccc(F)cc1COCc1ccccc1F. The standard InChI is InChI=1S/C15H12F2O3/c16-12-5-6-13(15(18)19)11(7-12)9-20-8-10-3-1-2-4-14(10)17/h1-7H,8-9H2,(H,18,19). The van der Waals surface area contributed by atoms with Gasteiger partial charge in [-0.1, -0.05) is 18.2 Å². The van der Waals surface area contributed by atoms with E-state index in [4.69, 9.17) is 9.84 Å². The van der Waals surface area contributed by atoms with Gasteiger partial charge in [0.15, 0.2) is 0 Å². The summed E-state index contributed by atoms with van der Waals surface area (Å²) in [6.45, 7) is -0.115. The third kappa shape index (κ3) is 3.39. The van der Waals surface area contributed by atoms with Gasteiger partial charge in [-0.05, 0) is 29.8 Å². The lowest BCUT2D eigenvalue weighted by Crippen LogP contribution is -2.05. The first-order chi connectivity index (χ1) is 9.58. The summed E-state index contributed by atoms with van der Waals surface area (Å²) < 4.78 is 31.7. The van der Waals surface area contributed by atoms with E-state index >= 15 is 0 Å². The van der Waals surface area contributed by atoms with Crippen LogP contribution in [0.25, 0.3) is 0 Å². The molecule has 1 N–H and O–H groups in total. The monoisotopic (exact) mass is 278 g/mol. The first kappa shape index (κ1) is 14.1. The zero-order chi connectivity index (χ0) is 14.5. The molecule has 0 fully saturated rings. The van der Waals surface area contributed by atoms with Gasteiger partial charge in [-0.3, -0.25) is 0 Å². The van der Waals surface area contributed by atoms with E-state index in [0.717, 1.165) is 12.1 Å². The van der Waals surface area contributed by atoms with Crippen LogP contribution in [-0.4, -0.2) is 11.1 Å². The van der Waals surface area contributed by atoms with Crippen LogP contribution in [0.5, 0.6) is 0 Å². The van der Waals surface area contributed by atoms with Crippen molar-refractivity contribution in [3.8, 4) is 0 Å². The summed E-state index contributed by atoms with van der Waals surface area (Å²) in [5.41, 5.74) is 0.551. The minimum atomic E-state index is -1.16. The number of benzene rings is 2. The normalized spacial score (nSPS) is 10.5. The summed E-state index contributed by atoms with van der Waals surface area (Å²) in [6.07, 6.45) is 0. The van der Waals surface area contributed by atoms with Crippen molar-refractivity contribution in [2.45, 2.75) is 13.2 Å². The Morgan fingerprint density at radius 3 is 2.45 bits per heavy atom. The van der Waals surface area contributed by atoms with Gasteiger partial charge in [-0.2, -0.15) is 0 Å². The number of ether oxygens (including phenoxy) is 1. The molecule has 0 aliphatic rings. The largest absolute Gasteiger partial charge is 0.478 e. The number of hydrogen-bond donors (Lipinski definition) is 1. The third-order valence-electron chi connectivity index (χ3n) is 2.77. The minimum absolute atomic E-state index is 0.0117. The van der Waals surface area contributed by atoms with Crippen LogP contribution >= 0.6 is 0 Å².